The zero-order valence-corrected chi connectivity index (χ0v) is 16.3. The van der Waals surface area contributed by atoms with Crippen LogP contribution in [0.25, 0.3) is 0 Å². The molecule has 3 rings (SSSR count). The van der Waals surface area contributed by atoms with Crippen LogP contribution in [0.4, 0.5) is 0 Å². The second kappa shape index (κ2) is 10.3. The van der Waals surface area contributed by atoms with Gasteiger partial charge in [-0.25, -0.2) is 0 Å². The van der Waals surface area contributed by atoms with E-state index >= 15 is 0 Å². The maximum absolute atomic E-state index is 12.8. The van der Waals surface area contributed by atoms with E-state index in [1.807, 2.05) is 39.9 Å². The molecule has 2 amide bonds. The third-order valence-electron chi connectivity index (χ3n) is 4.21. The van der Waals surface area contributed by atoms with E-state index in [0.29, 0.717) is 38.0 Å². The van der Waals surface area contributed by atoms with Crippen LogP contribution in [0, 0.1) is 0 Å². The molecule has 28 heavy (non-hydrogen) atoms. The highest BCUT2D eigenvalue weighted by molar-refractivity contribution is 7.08. The van der Waals surface area contributed by atoms with Crippen LogP contribution >= 0.6 is 11.3 Å². The van der Waals surface area contributed by atoms with Gasteiger partial charge >= 0.3 is 0 Å². The van der Waals surface area contributed by atoms with Crippen molar-refractivity contribution in [2.75, 3.05) is 6.54 Å². The lowest BCUT2D eigenvalue weighted by atomic mass is 10.2. The molecule has 0 saturated carbocycles. The van der Waals surface area contributed by atoms with Crippen LogP contribution in [0.15, 0.2) is 65.9 Å². The Labute approximate surface area is 168 Å². The Bertz CT molecular complexity index is 828. The highest BCUT2D eigenvalue weighted by atomic mass is 32.1. The van der Waals surface area contributed by atoms with Crippen molar-refractivity contribution in [1.29, 1.82) is 0 Å². The van der Waals surface area contributed by atoms with E-state index in [1.54, 1.807) is 30.9 Å². The van der Waals surface area contributed by atoms with Gasteiger partial charge in [-0.1, -0.05) is 6.07 Å². The number of hydrogen-bond donors (Lipinski definition) is 1. The van der Waals surface area contributed by atoms with Crippen molar-refractivity contribution in [2.45, 2.75) is 25.9 Å². The first-order valence-corrected chi connectivity index (χ1v) is 10.0. The Kier molecular flexibility index (Phi) is 7.26. The highest BCUT2D eigenvalue weighted by Crippen LogP contribution is 2.11. The van der Waals surface area contributed by atoms with Crippen LogP contribution in [0.2, 0.25) is 0 Å². The second-order valence-corrected chi connectivity index (χ2v) is 7.12. The Balaban J connectivity index is 1.54. The number of pyridine rings is 2. The zero-order chi connectivity index (χ0) is 19.6. The summed E-state index contributed by atoms with van der Waals surface area (Å²) in [4.78, 5) is 34.7. The minimum absolute atomic E-state index is 0.0467. The highest BCUT2D eigenvalue weighted by Gasteiger charge is 2.15. The number of rotatable bonds is 9. The predicted octanol–water partition coefficient (Wildman–Crippen LogP) is 3.28. The normalized spacial score (nSPS) is 10.4. The fourth-order valence-corrected chi connectivity index (χ4v) is 3.38. The molecular weight excluding hydrogens is 372 g/mol. The smallest absolute Gasteiger partial charge is 0.252 e. The van der Waals surface area contributed by atoms with Gasteiger partial charge in [0.2, 0.25) is 5.91 Å². The second-order valence-electron chi connectivity index (χ2n) is 6.34. The van der Waals surface area contributed by atoms with Crippen LogP contribution in [-0.4, -0.2) is 33.2 Å². The lowest BCUT2D eigenvalue weighted by Crippen LogP contribution is -2.31. The van der Waals surface area contributed by atoms with Crippen molar-refractivity contribution in [3.8, 4) is 0 Å². The lowest BCUT2D eigenvalue weighted by Gasteiger charge is -2.23. The van der Waals surface area contributed by atoms with Gasteiger partial charge in [-0.3, -0.25) is 19.6 Å². The monoisotopic (exact) mass is 394 g/mol. The van der Waals surface area contributed by atoms with Gasteiger partial charge in [0.15, 0.2) is 0 Å². The van der Waals surface area contributed by atoms with Gasteiger partial charge in [0.05, 0.1) is 0 Å². The number of carbonyl (C=O) groups excluding carboxylic acids is 2. The Morgan fingerprint density at radius 2 is 1.82 bits per heavy atom. The van der Waals surface area contributed by atoms with Gasteiger partial charge in [0.1, 0.15) is 0 Å². The average Bonchev–Trinajstić information content (AvgIpc) is 3.27. The summed E-state index contributed by atoms with van der Waals surface area (Å²) >= 11 is 1.49. The third kappa shape index (κ3) is 5.99. The van der Waals surface area contributed by atoms with Crippen molar-refractivity contribution in [2.24, 2.45) is 0 Å². The summed E-state index contributed by atoms with van der Waals surface area (Å²) in [6.07, 6.45) is 7.90. The van der Waals surface area contributed by atoms with Crippen molar-refractivity contribution in [3.63, 3.8) is 0 Å². The van der Waals surface area contributed by atoms with Gasteiger partial charge < -0.3 is 10.2 Å². The molecule has 6 nitrogen and oxygen atoms in total. The summed E-state index contributed by atoms with van der Waals surface area (Å²) in [5.41, 5.74) is 2.67. The van der Waals surface area contributed by atoms with E-state index in [1.165, 1.54) is 11.3 Å². The molecule has 0 saturated heterocycles. The quantitative estimate of drug-likeness (QED) is 0.565. The number of thiophene rings is 1. The van der Waals surface area contributed by atoms with E-state index in [9.17, 15) is 9.59 Å². The number of carbonyl (C=O) groups is 2. The first kappa shape index (κ1) is 19.7. The topological polar surface area (TPSA) is 75.2 Å². The van der Waals surface area contributed by atoms with Crippen molar-refractivity contribution in [1.82, 2.24) is 20.2 Å². The first-order valence-electron chi connectivity index (χ1n) is 9.08. The van der Waals surface area contributed by atoms with Gasteiger partial charge in [0.25, 0.3) is 5.91 Å². The molecule has 0 radical (unpaired) electrons. The van der Waals surface area contributed by atoms with Gasteiger partial charge in [-0.15, -0.1) is 0 Å². The van der Waals surface area contributed by atoms with Crippen LogP contribution in [0.5, 0.6) is 0 Å². The molecule has 3 aromatic rings. The maximum atomic E-state index is 12.8. The molecule has 0 atom stereocenters. The van der Waals surface area contributed by atoms with E-state index in [0.717, 1.165) is 11.1 Å². The summed E-state index contributed by atoms with van der Waals surface area (Å²) in [7, 11) is 0. The molecule has 0 aromatic carbocycles. The average molecular weight is 395 g/mol. The predicted molar refractivity (Wildman–Crippen MR) is 109 cm³/mol. The Morgan fingerprint density at radius 3 is 2.54 bits per heavy atom. The minimum atomic E-state index is -0.0994. The molecule has 0 unspecified atom stereocenters. The molecule has 0 aliphatic heterocycles. The van der Waals surface area contributed by atoms with E-state index < -0.39 is 0 Å². The number of aromatic nitrogens is 2. The molecule has 0 fully saturated rings. The number of amides is 2. The SMILES string of the molecule is O=C(NCCCC(=O)N(Cc1ccncc1)Cc1cccnc1)c1ccsc1. The molecule has 3 aromatic heterocycles. The molecule has 0 aliphatic rings. The summed E-state index contributed by atoms with van der Waals surface area (Å²) in [5, 5.41) is 6.54. The fourth-order valence-electron chi connectivity index (χ4n) is 2.75. The molecular formula is C21H22N4O2S. The van der Waals surface area contributed by atoms with Crippen molar-refractivity contribution in [3.05, 3.63) is 82.6 Å². The van der Waals surface area contributed by atoms with Crippen molar-refractivity contribution < 1.29 is 9.59 Å². The zero-order valence-electron chi connectivity index (χ0n) is 15.5. The summed E-state index contributed by atoms with van der Waals surface area (Å²) in [6.45, 7) is 1.48. The van der Waals surface area contributed by atoms with Crippen LogP contribution in [0.3, 0.4) is 0 Å². The summed E-state index contributed by atoms with van der Waals surface area (Å²) in [6, 6.07) is 9.43. The van der Waals surface area contributed by atoms with E-state index in [4.69, 9.17) is 0 Å². The molecule has 0 spiro atoms. The van der Waals surface area contributed by atoms with Gasteiger partial charge in [-0.05, 0) is 47.2 Å². The van der Waals surface area contributed by atoms with Crippen molar-refractivity contribution >= 4 is 23.2 Å². The number of nitrogens with one attached hydrogen (secondary N) is 1. The van der Waals surface area contributed by atoms with Gasteiger partial charge in [0, 0.05) is 61.8 Å². The maximum Gasteiger partial charge on any atom is 0.252 e. The number of nitrogens with zero attached hydrogens (tertiary/aromatic N) is 3. The lowest BCUT2D eigenvalue weighted by molar-refractivity contribution is -0.132. The van der Waals surface area contributed by atoms with Crippen LogP contribution in [-0.2, 0) is 17.9 Å². The Morgan fingerprint density at radius 1 is 1.00 bits per heavy atom. The fraction of sp³-hybridized carbons (Fsp3) is 0.238. The molecule has 0 aliphatic carbocycles. The van der Waals surface area contributed by atoms with Gasteiger partial charge in [-0.2, -0.15) is 11.3 Å². The summed E-state index contributed by atoms with van der Waals surface area (Å²) in [5.74, 6) is -0.0526. The van der Waals surface area contributed by atoms with E-state index in [2.05, 4.69) is 15.3 Å². The largest absolute Gasteiger partial charge is 0.352 e. The summed E-state index contributed by atoms with van der Waals surface area (Å²) < 4.78 is 0. The minimum Gasteiger partial charge on any atom is -0.352 e. The molecule has 3 heterocycles. The molecule has 7 heteroatoms. The molecule has 0 bridgehead atoms. The van der Waals surface area contributed by atoms with E-state index in [-0.39, 0.29) is 11.8 Å². The van der Waals surface area contributed by atoms with Crippen LogP contribution in [0.1, 0.15) is 34.3 Å². The standard InChI is InChI=1S/C21H22N4O2S/c26-20(4-2-9-24-21(27)19-7-12-28-16-19)25(14-17-5-10-22-11-6-17)15-18-3-1-8-23-13-18/h1,3,5-8,10-13,16H,2,4,9,14-15H2,(H,24,27). The molecule has 1 N–H and O–H groups in total. The Hall–Kier alpha value is -3.06. The molecule has 144 valence electrons. The third-order valence-corrected chi connectivity index (χ3v) is 4.89. The van der Waals surface area contributed by atoms with Crippen LogP contribution < -0.4 is 5.32 Å². The number of hydrogen-bond acceptors (Lipinski definition) is 5. The first-order chi connectivity index (χ1) is 13.7.